The van der Waals surface area contributed by atoms with E-state index in [4.69, 9.17) is 4.74 Å². The van der Waals surface area contributed by atoms with Gasteiger partial charge in [-0.05, 0) is 31.8 Å². The molecule has 0 radical (unpaired) electrons. The average molecular weight is 273 g/mol. The van der Waals surface area contributed by atoms with Crippen LogP contribution in [0.5, 0.6) is 0 Å². The van der Waals surface area contributed by atoms with Crippen LogP contribution in [0, 0.1) is 5.41 Å². The summed E-state index contributed by atoms with van der Waals surface area (Å²) < 4.78 is 5.24. The quantitative estimate of drug-likeness (QED) is 0.401. The molecule has 0 aromatic carbocycles. The Kier molecular flexibility index (Phi) is 7.51. The summed E-state index contributed by atoms with van der Waals surface area (Å²) in [4.78, 5) is 4.63. The van der Waals surface area contributed by atoms with E-state index in [2.05, 4.69) is 35.7 Å². The molecule has 0 aliphatic carbocycles. The Hall–Kier alpha value is -0.420. The van der Waals surface area contributed by atoms with E-state index >= 15 is 0 Å². The van der Waals surface area contributed by atoms with E-state index in [1.165, 1.54) is 18.6 Å². The summed E-state index contributed by atoms with van der Waals surface area (Å²) in [5, 5.41) is 6.68. The summed E-state index contributed by atoms with van der Waals surface area (Å²) in [6.07, 6.45) is 4.62. The van der Waals surface area contributed by atoms with Crippen molar-refractivity contribution < 1.29 is 4.74 Å². The molecule has 5 heteroatoms. The van der Waals surface area contributed by atoms with Gasteiger partial charge in [0.1, 0.15) is 0 Å². The fourth-order valence-electron chi connectivity index (χ4n) is 1.73. The zero-order valence-corrected chi connectivity index (χ0v) is 12.7. The van der Waals surface area contributed by atoms with Crippen LogP contribution >= 0.6 is 11.8 Å². The third kappa shape index (κ3) is 5.96. The number of nitrogens with one attached hydrogen (secondary N) is 2. The molecular formula is C13H27N3OS. The smallest absolute Gasteiger partial charge is 0.191 e. The molecule has 1 rings (SSSR count). The first-order valence-corrected chi connectivity index (χ1v) is 8.18. The van der Waals surface area contributed by atoms with Crippen molar-refractivity contribution in [3.63, 3.8) is 0 Å². The van der Waals surface area contributed by atoms with Gasteiger partial charge in [-0.25, -0.2) is 0 Å². The minimum atomic E-state index is 0.251. The number of aliphatic imine (C=N–C) groups is 1. The number of unbranched alkanes of at least 4 members (excludes halogenated alkanes) is 1. The molecule has 1 fully saturated rings. The van der Waals surface area contributed by atoms with Gasteiger partial charge in [0.05, 0.1) is 19.8 Å². The zero-order chi connectivity index (χ0) is 13.3. The number of hydrogen-bond acceptors (Lipinski definition) is 3. The summed E-state index contributed by atoms with van der Waals surface area (Å²) >= 11 is 1.91. The van der Waals surface area contributed by atoms with Gasteiger partial charge in [-0.3, -0.25) is 4.99 Å². The summed E-state index contributed by atoms with van der Waals surface area (Å²) in [6, 6.07) is 0. The lowest BCUT2D eigenvalue weighted by Gasteiger charge is -2.36. The van der Waals surface area contributed by atoms with Crippen LogP contribution in [0.25, 0.3) is 0 Å². The van der Waals surface area contributed by atoms with Crippen molar-refractivity contribution in [2.24, 2.45) is 10.4 Å². The molecule has 1 heterocycles. The van der Waals surface area contributed by atoms with Crippen LogP contribution in [-0.2, 0) is 4.74 Å². The Morgan fingerprint density at radius 3 is 2.67 bits per heavy atom. The normalized spacial score (nSPS) is 18.3. The third-order valence-corrected chi connectivity index (χ3v) is 3.63. The van der Waals surface area contributed by atoms with E-state index in [1.807, 2.05) is 11.8 Å². The van der Waals surface area contributed by atoms with Gasteiger partial charge in [0.2, 0.25) is 0 Å². The predicted octanol–water partition coefficient (Wildman–Crippen LogP) is 1.72. The molecule has 0 unspecified atom stereocenters. The maximum absolute atomic E-state index is 5.24. The second kappa shape index (κ2) is 8.64. The summed E-state index contributed by atoms with van der Waals surface area (Å²) in [7, 11) is 0. The van der Waals surface area contributed by atoms with Crippen LogP contribution in [0.1, 0.15) is 26.7 Å². The second-order valence-electron chi connectivity index (χ2n) is 5.13. The number of guanidine groups is 1. The fourth-order valence-corrected chi connectivity index (χ4v) is 2.22. The predicted molar refractivity (Wildman–Crippen MR) is 80.5 cm³/mol. The molecular weight excluding hydrogens is 246 g/mol. The Morgan fingerprint density at radius 2 is 2.11 bits per heavy atom. The number of thioether (sulfide) groups is 1. The molecule has 0 spiro atoms. The Labute approximate surface area is 115 Å². The van der Waals surface area contributed by atoms with Gasteiger partial charge in [-0.15, -0.1) is 0 Å². The summed E-state index contributed by atoms with van der Waals surface area (Å²) in [6.45, 7) is 8.74. The molecule has 2 N–H and O–H groups in total. The van der Waals surface area contributed by atoms with Crippen molar-refractivity contribution in [1.82, 2.24) is 10.6 Å². The van der Waals surface area contributed by atoms with Crippen LogP contribution in [0.15, 0.2) is 4.99 Å². The molecule has 0 aromatic rings. The minimum absolute atomic E-state index is 0.251. The number of rotatable bonds is 8. The van der Waals surface area contributed by atoms with Gasteiger partial charge in [-0.2, -0.15) is 11.8 Å². The fraction of sp³-hybridized carbons (Fsp3) is 0.923. The van der Waals surface area contributed by atoms with Crippen LogP contribution in [-0.4, -0.2) is 50.8 Å². The van der Waals surface area contributed by atoms with E-state index in [0.717, 1.165) is 38.8 Å². The van der Waals surface area contributed by atoms with E-state index in [9.17, 15) is 0 Å². The van der Waals surface area contributed by atoms with Crippen molar-refractivity contribution >= 4 is 17.7 Å². The highest BCUT2D eigenvalue weighted by atomic mass is 32.2. The van der Waals surface area contributed by atoms with Crippen molar-refractivity contribution in [3.05, 3.63) is 0 Å². The number of ether oxygens (including phenoxy) is 1. The first-order valence-electron chi connectivity index (χ1n) is 6.79. The highest BCUT2D eigenvalue weighted by Crippen LogP contribution is 2.26. The topological polar surface area (TPSA) is 45.7 Å². The van der Waals surface area contributed by atoms with Gasteiger partial charge in [0.25, 0.3) is 0 Å². The van der Waals surface area contributed by atoms with Gasteiger partial charge in [0, 0.05) is 18.5 Å². The molecule has 0 amide bonds. The van der Waals surface area contributed by atoms with Crippen LogP contribution in [0.3, 0.4) is 0 Å². The lowest BCUT2D eigenvalue weighted by Crippen LogP contribution is -2.44. The first kappa shape index (κ1) is 15.6. The van der Waals surface area contributed by atoms with Crippen molar-refractivity contribution in [2.45, 2.75) is 26.7 Å². The molecule has 1 saturated heterocycles. The van der Waals surface area contributed by atoms with E-state index < -0.39 is 0 Å². The summed E-state index contributed by atoms with van der Waals surface area (Å²) in [5.74, 6) is 2.18. The molecule has 4 nitrogen and oxygen atoms in total. The van der Waals surface area contributed by atoms with Crippen LogP contribution in [0.2, 0.25) is 0 Å². The maximum atomic E-state index is 5.24. The van der Waals surface area contributed by atoms with Crippen molar-refractivity contribution in [1.29, 1.82) is 0 Å². The Balaban J connectivity index is 2.22. The Bertz CT molecular complexity index is 255. The van der Waals surface area contributed by atoms with E-state index in [0.29, 0.717) is 0 Å². The second-order valence-corrected chi connectivity index (χ2v) is 6.11. The minimum Gasteiger partial charge on any atom is -0.380 e. The average Bonchev–Trinajstić information content (AvgIpc) is 2.33. The molecule has 0 bridgehead atoms. The van der Waals surface area contributed by atoms with Gasteiger partial charge >= 0.3 is 0 Å². The third-order valence-electron chi connectivity index (χ3n) is 2.93. The van der Waals surface area contributed by atoms with Crippen molar-refractivity contribution in [3.8, 4) is 0 Å². The van der Waals surface area contributed by atoms with E-state index in [1.54, 1.807) is 0 Å². The van der Waals surface area contributed by atoms with Gasteiger partial charge < -0.3 is 15.4 Å². The van der Waals surface area contributed by atoms with E-state index in [-0.39, 0.29) is 5.41 Å². The molecule has 18 heavy (non-hydrogen) atoms. The van der Waals surface area contributed by atoms with Gasteiger partial charge in [0.15, 0.2) is 5.96 Å². The highest BCUT2D eigenvalue weighted by molar-refractivity contribution is 7.98. The monoisotopic (exact) mass is 273 g/mol. The van der Waals surface area contributed by atoms with Crippen LogP contribution in [0.4, 0.5) is 0 Å². The molecule has 0 saturated carbocycles. The number of hydrogen-bond donors (Lipinski definition) is 2. The summed E-state index contributed by atoms with van der Waals surface area (Å²) in [5.41, 5.74) is 0.251. The first-order chi connectivity index (χ1) is 8.70. The standard InChI is InChI=1S/C13H27N3OS/c1-4-14-12(15-7-5-6-8-18-3)16-9-13(2)10-17-11-13/h4-11H2,1-3H3,(H2,14,15,16). The Morgan fingerprint density at radius 1 is 1.33 bits per heavy atom. The number of nitrogens with zero attached hydrogens (tertiary/aromatic N) is 1. The van der Waals surface area contributed by atoms with Crippen molar-refractivity contribution in [2.75, 3.05) is 44.9 Å². The SMILES string of the molecule is CCNC(=NCC1(C)COC1)NCCCCSC. The lowest BCUT2D eigenvalue weighted by molar-refractivity contribution is -0.0945. The molecule has 0 aromatic heterocycles. The molecule has 1 aliphatic rings. The lowest BCUT2D eigenvalue weighted by atomic mass is 9.89. The molecule has 106 valence electrons. The van der Waals surface area contributed by atoms with Gasteiger partial charge in [-0.1, -0.05) is 6.92 Å². The molecule has 1 aliphatic heterocycles. The van der Waals surface area contributed by atoms with Crippen LogP contribution < -0.4 is 10.6 Å². The largest absolute Gasteiger partial charge is 0.380 e. The highest BCUT2D eigenvalue weighted by Gasteiger charge is 2.33. The zero-order valence-electron chi connectivity index (χ0n) is 11.9. The maximum Gasteiger partial charge on any atom is 0.191 e. The molecule has 0 atom stereocenters.